The monoisotopic (exact) mass is 348 g/mol. The number of nitrogens with zero attached hydrogens (tertiary/aromatic N) is 1. The molecule has 4 nitrogen and oxygen atoms in total. The van der Waals surface area contributed by atoms with E-state index in [0.717, 1.165) is 37.4 Å². The highest BCUT2D eigenvalue weighted by molar-refractivity contribution is 6.30. The number of hydrogen-bond donors (Lipinski definition) is 1. The van der Waals surface area contributed by atoms with E-state index in [1.165, 1.54) is 18.4 Å². The lowest BCUT2D eigenvalue weighted by atomic mass is 9.88. The standard InChI is InChI=1S/C19H25ClN2O2/c20-14-5-3-4-13(10-14)17(22-8-1-2-9-22)12-21-19(23)16-11-15-6-7-18(16)24-15/h3-5,10,15-18H,1-2,6-9,11-12H2,(H,21,23)/t15-,16-,17+,18-/m0/s1. The fraction of sp³-hybridized carbons (Fsp3) is 0.632. The predicted molar refractivity (Wildman–Crippen MR) is 94.0 cm³/mol. The molecule has 24 heavy (non-hydrogen) atoms. The number of fused-ring (bicyclic) bond motifs is 2. The second kappa shape index (κ2) is 7.03. The van der Waals surface area contributed by atoms with Gasteiger partial charge in [-0.15, -0.1) is 0 Å². The van der Waals surface area contributed by atoms with Gasteiger partial charge in [0.15, 0.2) is 0 Å². The van der Waals surface area contributed by atoms with E-state index < -0.39 is 0 Å². The van der Waals surface area contributed by atoms with E-state index in [1.54, 1.807) is 0 Å². The van der Waals surface area contributed by atoms with Crippen molar-refractivity contribution < 1.29 is 9.53 Å². The van der Waals surface area contributed by atoms with E-state index in [0.29, 0.717) is 12.6 Å². The summed E-state index contributed by atoms with van der Waals surface area (Å²) in [6, 6.07) is 8.23. The molecule has 0 aromatic heterocycles. The Morgan fingerprint density at radius 2 is 2.17 bits per heavy atom. The molecule has 2 bridgehead atoms. The maximum atomic E-state index is 12.6. The van der Waals surface area contributed by atoms with Crippen molar-refractivity contribution in [3.63, 3.8) is 0 Å². The van der Waals surface area contributed by atoms with Gasteiger partial charge in [0.05, 0.1) is 24.2 Å². The van der Waals surface area contributed by atoms with Crippen LogP contribution in [0.3, 0.4) is 0 Å². The van der Waals surface area contributed by atoms with Crippen LogP contribution in [0.4, 0.5) is 0 Å². The number of nitrogens with one attached hydrogen (secondary N) is 1. The van der Waals surface area contributed by atoms with Gasteiger partial charge in [-0.1, -0.05) is 23.7 Å². The first-order valence-electron chi connectivity index (χ1n) is 9.13. The van der Waals surface area contributed by atoms with Gasteiger partial charge in [-0.2, -0.15) is 0 Å². The van der Waals surface area contributed by atoms with Crippen molar-refractivity contribution in [3.8, 4) is 0 Å². The summed E-state index contributed by atoms with van der Waals surface area (Å²) >= 11 is 6.18. The van der Waals surface area contributed by atoms with Crippen molar-refractivity contribution in [1.29, 1.82) is 0 Å². The lowest BCUT2D eigenvalue weighted by molar-refractivity contribution is -0.126. The Bertz CT molecular complexity index is 603. The van der Waals surface area contributed by atoms with Gasteiger partial charge in [-0.3, -0.25) is 9.69 Å². The average Bonchev–Trinajstić information content (AvgIpc) is 3.33. The summed E-state index contributed by atoms with van der Waals surface area (Å²) in [4.78, 5) is 15.1. The number of halogens is 1. The summed E-state index contributed by atoms with van der Waals surface area (Å²) in [6.07, 6.45) is 5.96. The minimum absolute atomic E-state index is 0.0438. The second-order valence-corrected chi connectivity index (χ2v) is 7.71. The zero-order chi connectivity index (χ0) is 16.5. The predicted octanol–water partition coefficient (Wildman–Crippen LogP) is 3.16. The SMILES string of the molecule is O=C(NC[C@H](c1cccc(Cl)c1)N1CCCC1)[C@H]1C[C@@H]2CC[C@@H]1O2. The van der Waals surface area contributed by atoms with Crippen LogP contribution in [0, 0.1) is 5.92 Å². The number of amides is 1. The lowest BCUT2D eigenvalue weighted by Gasteiger charge is -2.29. The van der Waals surface area contributed by atoms with E-state index >= 15 is 0 Å². The molecule has 130 valence electrons. The summed E-state index contributed by atoms with van der Waals surface area (Å²) in [5.41, 5.74) is 1.19. The minimum atomic E-state index is 0.0438. The molecule has 1 N–H and O–H groups in total. The Morgan fingerprint density at radius 3 is 2.83 bits per heavy atom. The minimum Gasteiger partial charge on any atom is -0.374 e. The van der Waals surface area contributed by atoms with E-state index in [1.807, 2.05) is 18.2 Å². The first-order valence-corrected chi connectivity index (χ1v) is 9.51. The molecule has 3 aliphatic rings. The highest BCUT2D eigenvalue weighted by atomic mass is 35.5. The second-order valence-electron chi connectivity index (χ2n) is 7.28. The van der Waals surface area contributed by atoms with Gasteiger partial charge in [-0.05, 0) is 62.9 Å². The zero-order valence-electron chi connectivity index (χ0n) is 13.9. The molecule has 0 unspecified atom stereocenters. The molecular weight excluding hydrogens is 324 g/mol. The number of carbonyl (C=O) groups is 1. The molecular formula is C19H25ClN2O2. The van der Waals surface area contributed by atoms with Crippen LogP contribution in [0.2, 0.25) is 5.02 Å². The molecule has 0 aliphatic carbocycles. The summed E-state index contributed by atoms with van der Waals surface area (Å²) in [5, 5.41) is 3.95. The quantitative estimate of drug-likeness (QED) is 0.888. The van der Waals surface area contributed by atoms with E-state index in [4.69, 9.17) is 16.3 Å². The van der Waals surface area contributed by atoms with Gasteiger partial charge in [0.1, 0.15) is 0 Å². The molecule has 0 spiro atoms. The number of carbonyl (C=O) groups excluding carboxylic acids is 1. The highest BCUT2D eigenvalue weighted by Gasteiger charge is 2.44. The fourth-order valence-electron chi connectivity index (χ4n) is 4.47. The van der Waals surface area contributed by atoms with Gasteiger partial charge < -0.3 is 10.1 Å². The molecule has 1 aromatic rings. The van der Waals surface area contributed by atoms with Crippen LogP contribution in [0.5, 0.6) is 0 Å². The molecule has 1 amide bonds. The Morgan fingerprint density at radius 1 is 1.33 bits per heavy atom. The van der Waals surface area contributed by atoms with Gasteiger partial charge in [0.2, 0.25) is 5.91 Å². The van der Waals surface area contributed by atoms with Crippen LogP contribution in [0.1, 0.15) is 43.7 Å². The number of ether oxygens (including phenoxy) is 1. The molecule has 5 heteroatoms. The topological polar surface area (TPSA) is 41.6 Å². The van der Waals surface area contributed by atoms with Crippen molar-refractivity contribution >= 4 is 17.5 Å². The lowest BCUT2D eigenvalue weighted by Crippen LogP contribution is -2.41. The number of hydrogen-bond acceptors (Lipinski definition) is 3. The van der Waals surface area contributed by atoms with E-state index in [-0.39, 0.29) is 24.0 Å². The Labute approximate surface area is 148 Å². The van der Waals surface area contributed by atoms with Gasteiger partial charge >= 0.3 is 0 Å². The zero-order valence-corrected chi connectivity index (χ0v) is 14.7. The molecule has 1 aromatic carbocycles. The third-order valence-corrected chi connectivity index (χ3v) is 5.96. The first-order chi connectivity index (χ1) is 11.7. The Hall–Kier alpha value is -1.10. The van der Waals surface area contributed by atoms with E-state index in [9.17, 15) is 4.79 Å². The third kappa shape index (κ3) is 3.32. The van der Waals surface area contributed by atoms with Crippen LogP contribution in [0.15, 0.2) is 24.3 Å². The van der Waals surface area contributed by atoms with Crippen LogP contribution < -0.4 is 5.32 Å². The highest BCUT2D eigenvalue weighted by Crippen LogP contribution is 2.39. The summed E-state index contributed by atoms with van der Waals surface area (Å²) in [6.45, 7) is 2.82. The summed E-state index contributed by atoms with van der Waals surface area (Å²) in [5.74, 6) is 0.204. The molecule has 3 aliphatic heterocycles. The smallest absolute Gasteiger partial charge is 0.225 e. The normalized spacial score (nSPS) is 30.6. The number of benzene rings is 1. The van der Waals surface area contributed by atoms with E-state index in [2.05, 4.69) is 16.3 Å². The van der Waals surface area contributed by atoms with Crippen molar-refractivity contribution in [1.82, 2.24) is 10.2 Å². The molecule has 3 saturated heterocycles. The van der Waals surface area contributed by atoms with Crippen LogP contribution in [0.25, 0.3) is 0 Å². The maximum Gasteiger partial charge on any atom is 0.225 e. The molecule has 3 heterocycles. The first kappa shape index (κ1) is 16.4. The number of rotatable bonds is 5. The van der Waals surface area contributed by atoms with Crippen LogP contribution in [-0.4, -0.2) is 42.6 Å². The van der Waals surface area contributed by atoms with Crippen LogP contribution >= 0.6 is 11.6 Å². The van der Waals surface area contributed by atoms with Crippen molar-refractivity contribution in [3.05, 3.63) is 34.9 Å². The van der Waals surface area contributed by atoms with Crippen molar-refractivity contribution in [2.75, 3.05) is 19.6 Å². The Balaban J connectivity index is 1.43. The Kier molecular flexibility index (Phi) is 4.79. The third-order valence-electron chi connectivity index (χ3n) is 5.73. The largest absolute Gasteiger partial charge is 0.374 e. The molecule has 4 atom stereocenters. The summed E-state index contributed by atoms with van der Waals surface area (Å²) in [7, 11) is 0. The van der Waals surface area contributed by atoms with Crippen LogP contribution in [-0.2, 0) is 9.53 Å². The molecule has 0 radical (unpaired) electrons. The van der Waals surface area contributed by atoms with Gasteiger partial charge in [-0.25, -0.2) is 0 Å². The molecule has 0 saturated carbocycles. The maximum absolute atomic E-state index is 12.6. The average molecular weight is 349 g/mol. The van der Waals surface area contributed by atoms with Gasteiger partial charge in [0.25, 0.3) is 0 Å². The van der Waals surface area contributed by atoms with Crippen molar-refractivity contribution in [2.45, 2.75) is 50.4 Å². The molecule has 3 fully saturated rings. The molecule has 4 rings (SSSR count). The summed E-state index contributed by atoms with van der Waals surface area (Å²) < 4.78 is 5.82. The van der Waals surface area contributed by atoms with Gasteiger partial charge in [0, 0.05) is 11.6 Å². The number of likely N-dealkylation sites (tertiary alicyclic amines) is 1. The fourth-order valence-corrected chi connectivity index (χ4v) is 4.67. The van der Waals surface area contributed by atoms with Crippen molar-refractivity contribution in [2.24, 2.45) is 5.92 Å².